The van der Waals surface area contributed by atoms with E-state index in [1.807, 2.05) is 35.2 Å². The van der Waals surface area contributed by atoms with Crippen molar-refractivity contribution in [3.63, 3.8) is 0 Å². The van der Waals surface area contributed by atoms with Gasteiger partial charge in [-0.05, 0) is 36.1 Å². The van der Waals surface area contributed by atoms with Gasteiger partial charge in [-0.3, -0.25) is 9.88 Å². The van der Waals surface area contributed by atoms with E-state index in [0.717, 1.165) is 63.4 Å². The lowest BCUT2D eigenvalue weighted by atomic mass is 9.99. The second kappa shape index (κ2) is 9.17. The second-order valence-corrected chi connectivity index (χ2v) is 7.44. The minimum atomic E-state index is -0.173. The third-order valence-electron chi connectivity index (χ3n) is 5.75. The number of pyridine rings is 1. The summed E-state index contributed by atoms with van der Waals surface area (Å²) in [6, 6.07) is 14.4. The van der Waals surface area contributed by atoms with Crippen molar-refractivity contribution in [3.05, 3.63) is 66.0 Å². The molecule has 2 aliphatic heterocycles. The predicted octanol–water partition coefficient (Wildman–Crippen LogP) is 2.68. The fourth-order valence-electron chi connectivity index (χ4n) is 4.15. The van der Waals surface area contributed by atoms with Crippen molar-refractivity contribution in [2.45, 2.75) is 24.9 Å². The smallest absolute Gasteiger partial charge is 0.318 e. The Morgan fingerprint density at radius 3 is 2.29 bits per heavy atom. The number of likely N-dealkylation sites (tertiary alicyclic amines) is 1. The molecule has 28 heavy (non-hydrogen) atoms. The van der Waals surface area contributed by atoms with Crippen molar-refractivity contribution >= 4 is 6.03 Å². The van der Waals surface area contributed by atoms with Gasteiger partial charge in [-0.2, -0.15) is 0 Å². The van der Waals surface area contributed by atoms with Gasteiger partial charge in [0.25, 0.3) is 0 Å². The van der Waals surface area contributed by atoms with Gasteiger partial charge >= 0.3 is 6.03 Å². The summed E-state index contributed by atoms with van der Waals surface area (Å²) in [4.78, 5) is 21.6. The van der Waals surface area contributed by atoms with Crippen molar-refractivity contribution in [1.82, 2.24) is 20.1 Å². The highest BCUT2D eigenvalue weighted by Crippen LogP contribution is 2.23. The predicted molar refractivity (Wildman–Crippen MR) is 108 cm³/mol. The third-order valence-corrected chi connectivity index (χ3v) is 5.75. The Kier molecular flexibility index (Phi) is 6.19. The summed E-state index contributed by atoms with van der Waals surface area (Å²) in [5.74, 6) is 0. The van der Waals surface area contributed by atoms with E-state index in [2.05, 4.69) is 27.3 Å². The Bertz CT molecular complexity index is 702. The highest BCUT2D eigenvalue weighted by molar-refractivity contribution is 5.75. The second-order valence-electron chi connectivity index (χ2n) is 7.44. The number of urea groups is 1. The molecule has 2 fully saturated rings. The number of morpholine rings is 1. The minimum Gasteiger partial charge on any atom is -0.379 e. The van der Waals surface area contributed by atoms with Crippen LogP contribution in [0, 0.1) is 0 Å². The van der Waals surface area contributed by atoms with Crippen LogP contribution in [0.2, 0.25) is 0 Å². The van der Waals surface area contributed by atoms with Crippen LogP contribution in [0.5, 0.6) is 0 Å². The summed E-state index contributed by atoms with van der Waals surface area (Å²) >= 11 is 0. The molecule has 2 aliphatic rings. The summed E-state index contributed by atoms with van der Waals surface area (Å²) in [5, 5.41) is 3.24. The van der Waals surface area contributed by atoms with E-state index in [0.29, 0.717) is 6.04 Å². The summed E-state index contributed by atoms with van der Waals surface area (Å²) in [6.07, 6.45) is 5.59. The lowest BCUT2D eigenvalue weighted by Gasteiger charge is -2.40. The standard InChI is InChI=1S/C22H28N4O2/c27-22(26-12-8-20(9-13-26)25-14-16-28-17-15-25)24-21(18-4-2-1-3-5-18)19-6-10-23-11-7-19/h1-7,10-11,20-21H,8-9,12-17H2,(H,24,27)/t21-/m0/s1. The molecule has 0 spiro atoms. The summed E-state index contributed by atoms with van der Waals surface area (Å²) in [7, 11) is 0. The van der Waals surface area contributed by atoms with Crippen molar-refractivity contribution in [1.29, 1.82) is 0 Å². The molecule has 2 amide bonds. The molecule has 6 heteroatoms. The van der Waals surface area contributed by atoms with Crippen molar-refractivity contribution in [2.75, 3.05) is 39.4 Å². The number of hydrogen-bond donors (Lipinski definition) is 1. The molecule has 0 saturated carbocycles. The van der Waals surface area contributed by atoms with Crippen LogP contribution in [0.15, 0.2) is 54.9 Å². The first kappa shape index (κ1) is 18.9. The van der Waals surface area contributed by atoms with E-state index < -0.39 is 0 Å². The highest BCUT2D eigenvalue weighted by atomic mass is 16.5. The van der Waals surface area contributed by atoms with Crippen LogP contribution in [-0.2, 0) is 4.74 Å². The normalized spacial score (nSPS) is 19.9. The molecular weight excluding hydrogens is 352 g/mol. The monoisotopic (exact) mass is 380 g/mol. The van der Waals surface area contributed by atoms with Gasteiger partial charge in [0, 0.05) is 44.6 Å². The van der Waals surface area contributed by atoms with Gasteiger partial charge in [-0.1, -0.05) is 30.3 Å². The van der Waals surface area contributed by atoms with Gasteiger partial charge < -0.3 is 15.0 Å². The van der Waals surface area contributed by atoms with Gasteiger partial charge in [0.15, 0.2) is 0 Å². The zero-order valence-electron chi connectivity index (χ0n) is 16.2. The lowest BCUT2D eigenvalue weighted by Crippen LogP contribution is -2.52. The quantitative estimate of drug-likeness (QED) is 0.886. The summed E-state index contributed by atoms with van der Waals surface area (Å²) in [5.41, 5.74) is 2.11. The molecule has 3 heterocycles. The van der Waals surface area contributed by atoms with E-state index in [1.54, 1.807) is 12.4 Å². The Morgan fingerprint density at radius 2 is 1.61 bits per heavy atom. The molecule has 148 valence electrons. The molecule has 0 radical (unpaired) electrons. The van der Waals surface area contributed by atoms with Gasteiger partial charge in [-0.15, -0.1) is 0 Å². The molecule has 1 aromatic carbocycles. The van der Waals surface area contributed by atoms with E-state index in [9.17, 15) is 4.79 Å². The molecule has 1 N–H and O–H groups in total. The lowest BCUT2D eigenvalue weighted by molar-refractivity contribution is 0.00376. The molecule has 0 bridgehead atoms. The van der Waals surface area contributed by atoms with Gasteiger partial charge in [-0.25, -0.2) is 4.79 Å². The fourth-order valence-corrected chi connectivity index (χ4v) is 4.15. The molecule has 2 saturated heterocycles. The number of hydrogen-bond acceptors (Lipinski definition) is 4. The molecule has 4 rings (SSSR count). The van der Waals surface area contributed by atoms with E-state index in [4.69, 9.17) is 4.74 Å². The Balaban J connectivity index is 1.40. The average molecular weight is 380 g/mol. The van der Waals surface area contributed by atoms with Crippen LogP contribution in [0.4, 0.5) is 4.79 Å². The SMILES string of the molecule is O=C(N[C@@H](c1ccccc1)c1ccncc1)N1CCC(N2CCOCC2)CC1. The third kappa shape index (κ3) is 4.51. The fraction of sp³-hybridized carbons (Fsp3) is 0.455. The van der Waals surface area contributed by atoms with Crippen molar-refractivity contribution in [2.24, 2.45) is 0 Å². The number of ether oxygens (including phenoxy) is 1. The average Bonchev–Trinajstić information content (AvgIpc) is 2.79. The largest absolute Gasteiger partial charge is 0.379 e. The van der Waals surface area contributed by atoms with Gasteiger partial charge in [0.2, 0.25) is 0 Å². The number of piperidine rings is 1. The number of benzene rings is 1. The number of carbonyl (C=O) groups excluding carboxylic acids is 1. The van der Waals surface area contributed by atoms with E-state index >= 15 is 0 Å². The minimum absolute atomic E-state index is 0.00564. The summed E-state index contributed by atoms with van der Waals surface area (Å²) in [6.45, 7) is 5.26. The Morgan fingerprint density at radius 1 is 0.964 bits per heavy atom. The first-order chi connectivity index (χ1) is 13.8. The van der Waals surface area contributed by atoms with Crippen LogP contribution >= 0.6 is 0 Å². The molecule has 1 atom stereocenters. The Hall–Kier alpha value is -2.44. The number of rotatable bonds is 4. The molecule has 6 nitrogen and oxygen atoms in total. The van der Waals surface area contributed by atoms with E-state index in [-0.39, 0.29) is 12.1 Å². The topological polar surface area (TPSA) is 57.7 Å². The molecule has 1 aromatic heterocycles. The van der Waals surface area contributed by atoms with Crippen molar-refractivity contribution in [3.8, 4) is 0 Å². The number of aromatic nitrogens is 1. The van der Waals surface area contributed by atoms with Gasteiger partial charge in [0.1, 0.15) is 0 Å². The van der Waals surface area contributed by atoms with Crippen LogP contribution in [0.1, 0.15) is 30.0 Å². The molecular formula is C22H28N4O2. The molecule has 0 unspecified atom stereocenters. The Labute approximate surface area is 166 Å². The van der Waals surface area contributed by atoms with Crippen LogP contribution in [0.3, 0.4) is 0 Å². The molecule has 2 aromatic rings. The summed E-state index contributed by atoms with van der Waals surface area (Å²) < 4.78 is 5.46. The first-order valence-electron chi connectivity index (χ1n) is 10.1. The zero-order valence-corrected chi connectivity index (χ0v) is 16.2. The molecule has 0 aliphatic carbocycles. The van der Waals surface area contributed by atoms with Crippen molar-refractivity contribution < 1.29 is 9.53 Å². The van der Waals surface area contributed by atoms with E-state index in [1.165, 1.54) is 0 Å². The number of amides is 2. The highest BCUT2D eigenvalue weighted by Gasteiger charge is 2.29. The maximum atomic E-state index is 13.0. The van der Waals surface area contributed by atoms with Crippen LogP contribution in [-0.4, -0.2) is 66.2 Å². The van der Waals surface area contributed by atoms with Crippen LogP contribution in [0.25, 0.3) is 0 Å². The number of carbonyl (C=O) groups is 1. The van der Waals surface area contributed by atoms with Gasteiger partial charge in [0.05, 0.1) is 19.3 Å². The number of nitrogens with zero attached hydrogens (tertiary/aromatic N) is 3. The number of nitrogens with one attached hydrogen (secondary N) is 1. The first-order valence-corrected chi connectivity index (χ1v) is 10.1. The van der Waals surface area contributed by atoms with Crippen LogP contribution < -0.4 is 5.32 Å². The zero-order chi connectivity index (χ0) is 19.2. The maximum Gasteiger partial charge on any atom is 0.318 e. The maximum absolute atomic E-state index is 13.0.